The van der Waals surface area contributed by atoms with Gasteiger partial charge < -0.3 is 30.3 Å². The summed E-state index contributed by atoms with van der Waals surface area (Å²) in [7, 11) is -1.09. The highest BCUT2D eigenvalue weighted by molar-refractivity contribution is 7.91. The number of carbonyl (C=O) groups is 2. The molecule has 10 nitrogen and oxygen atoms in total. The van der Waals surface area contributed by atoms with Crippen molar-refractivity contribution in [3.8, 4) is 11.5 Å². The van der Waals surface area contributed by atoms with Crippen LogP contribution in [-0.2, 0) is 19.4 Å². The maximum absolute atomic E-state index is 12.7. The van der Waals surface area contributed by atoms with Gasteiger partial charge in [-0.3, -0.25) is 9.59 Å². The number of amides is 2. The van der Waals surface area contributed by atoms with Crippen molar-refractivity contribution in [2.75, 3.05) is 36.4 Å². The highest BCUT2D eigenvalue weighted by atomic mass is 32.2. The van der Waals surface area contributed by atoms with Gasteiger partial charge in [0.25, 0.3) is 0 Å². The third kappa shape index (κ3) is 7.45. The van der Waals surface area contributed by atoms with E-state index < -0.39 is 33.6 Å². The van der Waals surface area contributed by atoms with Gasteiger partial charge in [-0.05, 0) is 35.4 Å². The molecule has 0 fully saturated rings. The van der Waals surface area contributed by atoms with Crippen LogP contribution in [0, 0.1) is 0 Å². The van der Waals surface area contributed by atoms with Crippen LogP contribution >= 0.6 is 0 Å². The Kier molecular flexibility index (Phi) is 8.80. The quantitative estimate of drug-likeness (QED) is 0.402. The number of methoxy groups -OCH3 is 2. The molecule has 0 saturated heterocycles. The van der Waals surface area contributed by atoms with Crippen molar-refractivity contribution in [2.24, 2.45) is 0 Å². The van der Waals surface area contributed by atoms with Crippen molar-refractivity contribution >= 4 is 33.0 Å². The Morgan fingerprint density at radius 3 is 1.48 bits per heavy atom. The Bertz CT molecular complexity index is 1040. The van der Waals surface area contributed by atoms with Crippen LogP contribution in [0.3, 0.4) is 0 Å². The summed E-state index contributed by atoms with van der Waals surface area (Å²) in [5.74, 6) is -1.29. The van der Waals surface area contributed by atoms with E-state index in [-0.39, 0.29) is 22.9 Å². The molecule has 0 bridgehead atoms. The summed E-state index contributed by atoms with van der Waals surface area (Å²) in [5.41, 5.74) is 1.11. The SMILES string of the molecule is COc1ccc(C(O)CS(=O)(=O)CC(O)c2ccc(OC)c(NC(C)=O)c2)cc1NC(C)=O. The number of hydrogen-bond acceptors (Lipinski definition) is 8. The molecule has 4 N–H and O–H groups in total. The monoisotopic (exact) mass is 480 g/mol. The second kappa shape index (κ2) is 11.1. The number of aliphatic hydroxyl groups is 2. The van der Waals surface area contributed by atoms with Crippen molar-refractivity contribution < 1.29 is 37.7 Å². The molecule has 2 atom stereocenters. The molecule has 0 aromatic heterocycles. The summed E-state index contributed by atoms with van der Waals surface area (Å²) >= 11 is 0. The minimum absolute atomic E-state index is 0.259. The van der Waals surface area contributed by atoms with E-state index in [4.69, 9.17) is 9.47 Å². The van der Waals surface area contributed by atoms with Crippen molar-refractivity contribution in [1.82, 2.24) is 0 Å². The van der Waals surface area contributed by atoms with Gasteiger partial charge in [-0.1, -0.05) is 12.1 Å². The fourth-order valence-corrected chi connectivity index (χ4v) is 4.67. The number of sulfone groups is 1. The number of anilines is 2. The van der Waals surface area contributed by atoms with E-state index in [1.54, 1.807) is 0 Å². The number of benzene rings is 2. The van der Waals surface area contributed by atoms with Gasteiger partial charge in [-0.2, -0.15) is 0 Å². The van der Waals surface area contributed by atoms with Crippen molar-refractivity contribution in [3.05, 3.63) is 47.5 Å². The van der Waals surface area contributed by atoms with Crippen molar-refractivity contribution in [3.63, 3.8) is 0 Å². The smallest absolute Gasteiger partial charge is 0.221 e. The maximum Gasteiger partial charge on any atom is 0.221 e. The number of ether oxygens (including phenoxy) is 2. The van der Waals surface area contributed by atoms with E-state index >= 15 is 0 Å². The van der Waals surface area contributed by atoms with Crippen LogP contribution in [0.5, 0.6) is 11.5 Å². The first-order chi connectivity index (χ1) is 15.5. The molecule has 2 aromatic rings. The lowest BCUT2D eigenvalue weighted by Crippen LogP contribution is -2.22. The number of aliphatic hydroxyl groups excluding tert-OH is 2. The van der Waals surface area contributed by atoms with Crippen LogP contribution in [-0.4, -0.2) is 56.2 Å². The van der Waals surface area contributed by atoms with Gasteiger partial charge in [0.15, 0.2) is 9.84 Å². The van der Waals surface area contributed by atoms with Gasteiger partial charge in [-0.15, -0.1) is 0 Å². The molecule has 0 spiro atoms. The molecule has 0 saturated carbocycles. The molecule has 11 heteroatoms. The second-order valence-corrected chi connectivity index (χ2v) is 9.54. The molecular formula is C22H28N2O8S. The second-order valence-electron chi connectivity index (χ2n) is 7.39. The zero-order valence-corrected chi connectivity index (χ0v) is 19.6. The molecule has 180 valence electrons. The minimum Gasteiger partial charge on any atom is -0.495 e. The Hall–Kier alpha value is -3.15. The zero-order valence-electron chi connectivity index (χ0n) is 18.8. The van der Waals surface area contributed by atoms with Crippen molar-refractivity contribution in [2.45, 2.75) is 26.1 Å². The van der Waals surface area contributed by atoms with E-state index in [1.165, 1.54) is 64.5 Å². The van der Waals surface area contributed by atoms with Gasteiger partial charge in [-0.25, -0.2) is 8.42 Å². The highest BCUT2D eigenvalue weighted by Gasteiger charge is 2.25. The molecule has 2 aromatic carbocycles. The molecule has 33 heavy (non-hydrogen) atoms. The Labute approximate surface area is 192 Å². The Balaban J connectivity index is 2.18. The molecule has 0 heterocycles. The van der Waals surface area contributed by atoms with Gasteiger partial charge in [0.05, 0.1) is 49.3 Å². The van der Waals surface area contributed by atoms with E-state index in [2.05, 4.69) is 10.6 Å². The summed E-state index contributed by atoms with van der Waals surface area (Å²) in [6.07, 6.45) is -2.79. The van der Waals surface area contributed by atoms with Crippen LogP contribution in [0.25, 0.3) is 0 Å². The zero-order chi connectivity index (χ0) is 24.8. The molecule has 0 aliphatic rings. The standard InChI is InChI=1S/C22H28N2O8S/c1-13(25)23-17-9-15(5-7-21(17)31-3)19(27)11-33(29,30)12-20(28)16-6-8-22(32-4)18(10-16)24-14(2)26/h5-10,19-20,27-28H,11-12H2,1-4H3,(H,23,25)(H,24,26). The Morgan fingerprint density at radius 1 is 0.818 bits per heavy atom. The van der Waals surface area contributed by atoms with E-state index in [1.807, 2.05) is 0 Å². The molecule has 2 rings (SSSR count). The molecule has 0 aliphatic heterocycles. The number of carbonyl (C=O) groups excluding carboxylic acids is 2. The topological polar surface area (TPSA) is 151 Å². The van der Waals surface area contributed by atoms with Gasteiger partial charge in [0, 0.05) is 13.8 Å². The first-order valence-corrected chi connectivity index (χ1v) is 11.8. The van der Waals surface area contributed by atoms with Gasteiger partial charge in [0.1, 0.15) is 11.5 Å². The molecule has 0 radical (unpaired) electrons. The van der Waals surface area contributed by atoms with Crippen molar-refractivity contribution in [1.29, 1.82) is 0 Å². The van der Waals surface area contributed by atoms with Gasteiger partial charge in [0.2, 0.25) is 11.8 Å². The normalized spacial score (nSPS) is 13.0. The highest BCUT2D eigenvalue weighted by Crippen LogP contribution is 2.31. The van der Waals surface area contributed by atoms with Crippen LogP contribution in [0.15, 0.2) is 36.4 Å². The predicted molar refractivity (Wildman–Crippen MR) is 123 cm³/mol. The van der Waals surface area contributed by atoms with E-state index in [9.17, 15) is 28.2 Å². The minimum atomic E-state index is -3.92. The molecule has 0 aliphatic carbocycles. The largest absolute Gasteiger partial charge is 0.495 e. The number of hydrogen-bond donors (Lipinski definition) is 4. The third-order valence-electron chi connectivity index (χ3n) is 4.66. The van der Waals surface area contributed by atoms with Crippen LogP contribution in [0.1, 0.15) is 37.2 Å². The predicted octanol–water partition coefficient (Wildman–Crippen LogP) is 1.80. The summed E-state index contributed by atoms with van der Waals surface area (Å²) in [4.78, 5) is 22.8. The maximum atomic E-state index is 12.7. The van der Waals surface area contributed by atoms with E-state index in [0.29, 0.717) is 22.9 Å². The molecule has 2 unspecified atom stereocenters. The Morgan fingerprint density at radius 2 is 1.18 bits per heavy atom. The summed E-state index contributed by atoms with van der Waals surface area (Å²) < 4.78 is 35.6. The van der Waals surface area contributed by atoms with Crippen LogP contribution in [0.2, 0.25) is 0 Å². The first-order valence-electron chi connectivity index (χ1n) is 9.93. The molecule has 2 amide bonds. The average Bonchev–Trinajstić information content (AvgIpc) is 2.72. The average molecular weight is 481 g/mol. The fraction of sp³-hybridized carbons (Fsp3) is 0.364. The number of rotatable bonds is 10. The lowest BCUT2D eigenvalue weighted by molar-refractivity contribution is -0.115. The van der Waals surface area contributed by atoms with Gasteiger partial charge >= 0.3 is 0 Å². The van der Waals surface area contributed by atoms with Crippen LogP contribution < -0.4 is 20.1 Å². The summed E-state index contributed by atoms with van der Waals surface area (Å²) in [5, 5.41) is 26.1. The summed E-state index contributed by atoms with van der Waals surface area (Å²) in [6, 6.07) is 8.85. The van der Waals surface area contributed by atoms with Crippen LogP contribution in [0.4, 0.5) is 11.4 Å². The fourth-order valence-electron chi connectivity index (χ4n) is 3.18. The third-order valence-corrected chi connectivity index (χ3v) is 6.31. The molecular weight excluding hydrogens is 452 g/mol. The summed E-state index contributed by atoms with van der Waals surface area (Å²) in [6.45, 7) is 2.62. The lowest BCUT2D eigenvalue weighted by atomic mass is 10.1. The lowest BCUT2D eigenvalue weighted by Gasteiger charge is -2.18. The van der Waals surface area contributed by atoms with E-state index in [0.717, 1.165) is 0 Å². The first kappa shape index (κ1) is 26.1. The number of nitrogens with one attached hydrogen (secondary N) is 2.